The van der Waals surface area contributed by atoms with Gasteiger partial charge in [-0.1, -0.05) is 6.92 Å². The topological polar surface area (TPSA) is 75.7 Å². The van der Waals surface area contributed by atoms with E-state index in [1.165, 1.54) is 16.4 Å². The Balaban J connectivity index is 2.10. The van der Waals surface area contributed by atoms with Crippen molar-refractivity contribution < 1.29 is 17.9 Å². The van der Waals surface area contributed by atoms with Crippen LogP contribution in [-0.4, -0.2) is 38.5 Å². The van der Waals surface area contributed by atoms with Gasteiger partial charge in [0.15, 0.2) is 0 Å². The Morgan fingerprint density at radius 3 is 2.64 bits per heavy atom. The van der Waals surface area contributed by atoms with Gasteiger partial charge in [-0.25, -0.2) is 13.2 Å². The smallest absolute Gasteiger partial charge is 0.411 e. The third-order valence-corrected chi connectivity index (χ3v) is 5.51. The van der Waals surface area contributed by atoms with E-state index in [1.807, 2.05) is 0 Å². The number of benzene rings is 1. The second-order valence-corrected chi connectivity index (χ2v) is 7.42. The van der Waals surface area contributed by atoms with Gasteiger partial charge in [0.2, 0.25) is 10.0 Å². The van der Waals surface area contributed by atoms with Crippen LogP contribution in [0.15, 0.2) is 29.2 Å². The van der Waals surface area contributed by atoms with Crippen LogP contribution in [0.2, 0.25) is 0 Å². The maximum absolute atomic E-state index is 12.6. The average molecular weight is 326 g/mol. The number of rotatable bonds is 4. The van der Waals surface area contributed by atoms with Crippen LogP contribution in [0, 0.1) is 5.92 Å². The predicted octanol–water partition coefficient (Wildman–Crippen LogP) is 2.68. The van der Waals surface area contributed by atoms with Crippen LogP contribution in [0.3, 0.4) is 0 Å². The first kappa shape index (κ1) is 16.8. The second kappa shape index (κ2) is 7.11. The quantitative estimate of drug-likeness (QED) is 0.923. The molecule has 1 aliphatic heterocycles. The van der Waals surface area contributed by atoms with Gasteiger partial charge in [0, 0.05) is 18.8 Å². The molecule has 0 radical (unpaired) electrons. The molecule has 6 nitrogen and oxygen atoms in total. The molecule has 1 saturated heterocycles. The fraction of sp³-hybridized carbons (Fsp3) is 0.533. The largest absolute Gasteiger partial charge is 0.450 e. The number of nitrogens with one attached hydrogen (secondary N) is 1. The molecule has 1 N–H and O–H groups in total. The summed E-state index contributed by atoms with van der Waals surface area (Å²) in [6, 6.07) is 6.15. The van der Waals surface area contributed by atoms with Gasteiger partial charge in [-0.15, -0.1) is 0 Å². The van der Waals surface area contributed by atoms with E-state index in [9.17, 15) is 13.2 Å². The molecule has 22 heavy (non-hydrogen) atoms. The molecule has 0 aliphatic carbocycles. The van der Waals surface area contributed by atoms with Crippen molar-refractivity contribution in [1.29, 1.82) is 0 Å². The van der Waals surface area contributed by atoms with Crippen LogP contribution in [0.4, 0.5) is 10.5 Å². The normalized spacial score (nSPS) is 19.6. The number of amides is 1. The lowest BCUT2D eigenvalue weighted by Crippen LogP contribution is -2.39. The summed E-state index contributed by atoms with van der Waals surface area (Å²) >= 11 is 0. The van der Waals surface area contributed by atoms with Crippen LogP contribution in [0.5, 0.6) is 0 Å². The van der Waals surface area contributed by atoms with Crippen molar-refractivity contribution >= 4 is 21.8 Å². The number of piperidine rings is 1. The molecule has 1 aromatic carbocycles. The zero-order valence-corrected chi connectivity index (χ0v) is 13.7. The summed E-state index contributed by atoms with van der Waals surface area (Å²) in [7, 11) is -3.46. The lowest BCUT2D eigenvalue weighted by molar-refractivity contribution is 0.168. The number of ether oxygens (including phenoxy) is 1. The molecule has 1 unspecified atom stereocenters. The number of hydrogen-bond donors (Lipinski definition) is 1. The number of nitrogens with zero attached hydrogens (tertiary/aromatic N) is 1. The molecule has 122 valence electrons. The highest BCUT2D eigenvalue weighted by molar-refractivity contribution is 7.89. The number of anilines is 1. The van der Waals surface area contributed by atoms with Crippen molar-refractivity contribution in [2.75, 3.05) is 25.0 Å². The molecule has 0 bridgehead atoms. The molecule has 1 heterocycles. The number of sulfonamides is 1. The van der Waals surface area contributed by atoms with Crippen molar-refractivity contribution in [2.24, 2.45) is 5.92 Å². The van der Waals surface area contributed by atoms with Gasteiger partial charge in [0.25, 0.3) is 0 Å². The maximum Gasteiger partial charge on any atom is 0.411 e. The van der Waals surface area contributed by atoms with E-state index < -0.39 is 16.1 Å². The van der Waals surface area contributed by atoms with E-state index >= 15 is 0 Å². The summed E-state index contributed by atoms with van der Waals surface area (Å²) in [4.78, 5) is 11.6. The molecule has 1 fully saturated rings. The Morgan fingerprint density at radius 2 is 2.05 bits per heavy atom. The highest BCUT2D eigenvalue weighted by Crippen LogP contribution is 2.24. The minimum absolute atomic E-state index is 0.246. The molecular formula is C15H22N2O4S. The third kappa shape index (κ3) is 3.98. The third-order valence-electron chi connectivity index (χ3n) is 3.63. The molecule has 1 aliphatic rings. The zero-order chi connectivity index (χ0) is 16.2. The molecule has 1 aromatic rings. The molecule has 2 rings (SSSR count). The van der Waals surface area contributed by atoms with E-state index in [0.717, 1.165) is 12.8 Å². The highest BCUT2D eigenvalue weighted by atomic mass is 32.2. The van der Waals surface area contributed by atoms with Crippen molar-refractivity contribution in [2.45, 2.75) is 31.6 Å². The predicted molar refractivity (Wildman–Crippen MR) is 84.2 cm³/mol. The fourth-order valence-corrected chi connectivity index (χ4v) is 4.11. The van der Waals surface area contributed by atoms with Crippen molar-refractivity contribution in [3.8, 4) is 0 Å². The Bertz CT molecular complexity index is 613. The number of carbonyl (C=O) groups excluding carboxylic acids is 1. The summed E-state index contributed by atoms with van der Waals surface area (Å²) in [5.41, 5.74) is 0.504. The second-order valence-electron chi connectivity index (χ2n) is 5.48. The van der Waals surface area contributed by atoms with Gasteiger partial charge in [0.05, 0.1) is 11.5 Å². The van der Waals surface area contributed by atoms with Gasteiger partial charge in [-0.2, -0.15) is 4.31 Å². The minimum atomic E-state index is -3.46. The Hall–Kier alpha value is -1.60. The first-order valence-corrected chi connectivity index (χ1v) is 8.91. The fourth-order valence-electron chi connectivity index (χ4n) is 2.51. The summed E-state index contributed by atoms with van der Waals surface area (Å²) in [5.74, 6) is 0.383. The Kier molecular flexibility index (Phi) is 5.42. The highest BCUT2D eigenvalue weighted by Gasteiger charge is 2.28. The minimum Gasteiger partial charge on any atom is -0.450 e. The lowest BCUT2D eigenvalue weighted by atomic mass is 10.0. The molecule has 0 saturated carbocycles. The molecule has 1 amide bonds. The summed E-state index contributed by atoms with van der Waals surface area (Å²) in [5, 5.41) is 2.54. The summed E-state index contributed by atoms with van der Waals surface area (Å²) in [6.45, 7) is 5.19. The average Bonchev–Trinajstić information content (AvgIpc) is 2.48. The van der Waals surface area contributed by atoms with Crippen LogP contribution in [0.25, 0.3) is 0 Å². The van der Waals surface area contributed by atoms with E-state index in [2.05, 4.69) is 12.2 Å². The molecule has 1 atom stereocenters. The van der Waals surface area contributed by atoms with E-state index in [-0.39, 0.29) is 11.5 Å². The first-order chi connectivity index (χ1) is 10.4. The summed E-state index contributed by atoms with van der Waals surface area (Å²) < 4.78 is 31.5. The monoisotopic (exact) mass is 326 g/mol. The van der Waals surface area contributed by atoms with Crippen LogP contribution in [0.1, 0.15) is 26.7 Å². The van der Waals surface area contributed by atoms with Gasteiger partial charge < -0.3 is 4.74 Å². The van der Waals surface area contributed by atoms with E-state index in [1.54, 1.807) is 19.1 Å². The van der Waals surface area contributed by atoms with Crippen molar-refractivity contribution in [3.05, 3.63) is 24.3 Å². The first-order valence-electron chi connectivity index (χ1n) is 7.47. The molecule has 0 spiro atoms. The Morgan fingerprint density at radius 1 is 1.36 bits per heavy atom. The van der Waals surface area contributed by atoms with E-state index in [4.69, 9.17) is 4.74 Å². The van der Waals surface area contributed by atoms with E-state index in [0.29, 0.717) is 24.7 Å². The van der Waals surface area contributed by atoms with Gasteiger partial charge in [-0.05, 0) is 49.9 Å². The van der Waals surface area contributed by atoms with Crippen LogP contribution < -0.4 is 5.32 Å². The van der Waals surface area contributed by atoms with Gasteiger partial charge in [-0.3, -0.25) is 5.32 Å². The molecular weight excluding hydrogens is 304 g/mol. The number of hydrogen-bond acceptors (Lipinski definition) is 4. The summed E-state index contributed by atoms with van der Waals surface area (Å²) in [6.07, 6.45) is 1.40. The maximum atomic E-state index is 12.6. The van der Waals surface area contributed by atoms with Crippen molar-refractivity contribution in [3.63, 3.8) is 0 Å². The standard InChI is InChI=1S/C15H22N2O4S/c1-3-21-15(18)16-13-6-8-14(9-7-13)22(19,20)17-10-4-5-12(2)11-17/h6-9,12H,3-5,10-11H2,1-2H3,(H,16,18). The zero-order valence-electron chi connectivity index (χ0n) is 12.9. The van der Waals surface area contributed by atoms with Crippen LogP contribution >= 0.6 is 0 Å². The molecule has 7 heteroatoms. The van der Waals surface area contributed by atoms with Crippen molar-refractivity contribution in [1.82, 2.24) is 4.31 Å². The molecule has 0 aromatic heterocycles. The Labute approximate surface area is 131 Å². The SMILES string of the molecule is CCOC(=O)Nc1ccc(S(=O)(=O)N2CCCC(C)C2)cc1. The van der Waals surface area contributed by atoms with Gasteiger partial charge in [0.1, 0.15) is 0 Å². The number of carbonyl (C=O) groups is 1. The van der Waals surface area contributed by atoms with Crippen LogP contribution in [-0.2, 0) is 14.8 Å². The van der Waals surface area contributed by atoms with Gasteiger partial charge >= 0.3 is 6.09 Å². The lowest BCUT2D eigenvalue weighted by Gasteiger charge is -2.30.